The predicted molar refractivity (Wildman–Crippen MR) is 262 cm³/mol. The second-order valence-electron chi connectivity index (χ2n) is 15.6. The molecule has 0 N–H and O–H groups in total. The lowest BCUT2D eigenvalue weighted by Gasteiger charge is -2.11. The highest BCUT2D eigenvalue weighted by atomic mass is 15.0. The summed E-state index contributed by atoms with van der Waals surface area (Å²) >= 11 is 0. The third-order valence-electron chi connectivity index (χ3n) is 12.0. The summed E-state index contributed by atoms with van der Waals surface area (Å²) in [4.78, 5) is 0. The lowest BCUT2D eigenvalue weighted by Crippen LogP contribution is -1.94. The maximum atomic E-state index is 10.0. The summed E-state index contributed by atoms with van der Waals surface area (Å²) in [5, 5.41) is 2.21. The number of hydrogen-bond donors (Lipinski definition) is 0. The van der Waals surface area contributed by atoms with E-state index in [1.807, 2.05) is 109 Å². The van der Waals surface area contributed by atoms with Crippen LogP contribution in [0.15, 0.2) is 242 Å². The Labute approximate surface area is 370 Å². The molecule has 62 heavy (non-hydrogen) atoms. The van der Waals surface area contributed by atoms with Crippen LogP contribution in [0.2, 0.25) is 0 Å². The number of fused-ring (bicyclic) bond motifs is 6. The fourth-order valence-corrected chi connectivity index (χ4v) is 9.03. The minimum absolute atomic E-state index is 0.0870. The smallest absolute Gasteiger partial charge is 0.0645 e. The maximum absolute atomic E-state index is 10.0. The standard InChI is InChI=1S/C60H40N2/c1-4-14-41(15-5-1)44-26-32-50(33-27-44)61-56-24-11-10-22-53(56)54-39-47(30-36-57(54)61)48-31-37-58-55(40-48)60-52(49-21-12-20-46(38-49)43-18-8-3-9-19-43)23-13-25-59(60)62(58)51-34-28-45(29-35-51)42-16-6-2-7-17-42/h1-40H/i10D,11D,22D,24D,30D,36D,39D. The van der Waals surface area contributed by atoms with E-state index < -0.39 is 12.1 Å². The number of aromatic nitrogens is 2. The second kappa shape index (κ2) is 14.8. The average molecular weight is 796 g/mol. The first-order chi connectivity index (χ1) is 33.7. The van der Waals surface area contributed by atoms with Gasteiger partial charge in [0.05, 0.1) is 31.7 Å². The predicted octanol–water partition coefficient (Wildman–Crippen LogP) is 16.2. The van der Waals surface area contributed by atoms with Crippen molar-refractivity contribution in [1.29, 1.82) is 0 Å². The molecule has 0 fully saturated rings. The van der Waals surface area contributed by atoms with Crippen LogP contribution in [0.4, 0.5) is 0 Å². The fourth-order valence-electron chi connectivity index (χ4n) is 9.03. The fraction of sp³-hybridized carbons (Fsp3) is 0. The van der Waals surface area contributed by atoms with Crippen LogP contribution < -0.4 is 0 Å². The second-order valence-corrected chi connectivity index (χ2v) is 15.6. The van der Waals surface area contributed by atoms with Crippen molar-refractivity contribution >= 4 is 43.6 Å². The van der Waals surface area contributed by atoms with Crippen molar-refractivity contribution in [3.8, 4) is 67.0 Å². The van der Waals surface area contributed by atoms with E-state index in [1.165, 1.54) is 0 Å². The maximum Gasteiger partial charge on any atom is 0.0645 e. The van der Waals surface area contributed by atoms with Crippen molar-refractivity contribution in [2.24, 2.45) is 0 Å². The molecule has 0 amide bonds. The van der Waals surface area contributed by atoms with Gasteiger partial charge in [-0.1, -0.05) is 176 Å². The number of para-hydroxylation sites is 1. The molecule has 0 unspecified atom stereocenters. The Morgan fingerprint density at radius 3 is 1.45 bits per heavy atom. The quantitative estimate of drug-likeness (QED) is 0.152. The van der Waals surface area contributed by atoms with Gasteiger partial charge in [-0.15, -0.1) is 0 Å². The highest BCUT2D eigenvalue weighted by Gasteiger charge is 2.19. The van der Waals surface area contributed by atoms with E-state index in [0.29, 0.717) is 11.3 Å². The van der Waals surface area contributed by atoms with Crippen molar-refractivity contribution in [3.05, 3.63) is 242 Å². The number of rotatable bonds is 7. The van der Waals surface area contributed by atoms with Gasteiger partial charge in [-0.05, 0) is 122 Å². The molecule has 12 aromatic rings. The highest BCUT2D eigenvalue weighted by Crippen LogP contribution is 2.42. The first kappa shape index (κ1) is 29.1. The summed E-state index contributed by atoms with van der Waals surface area (Å²) < 4.78 is 69.3. The molecular weight excluding hydrogens is 749 g/mol. The first-order valence-electron chi connectivity index (χ1n) is 24.3. The SMILES string of the molecule is [2H]c1c([2H])c([2H])c2c(c1[2H])c1c([2H])c(-c3ccc4c(c3)c3c(-c5cccc(-c6ccccc6)c5)cccc3n4-c3ccc(-c4ccccc4)cc3)c([2H])c([2H])c1n2-c1ccc(-c2ccccc2)cc1. The van der Waals surface area contributed by atoms with Gasteiger partial charge in [-0.3, -0.25) is 0 Å². The van der Waals surface area contributed by atoms with Crippen LogP contribution in [0, 0.1) is 0 Å². The molecule has 0 aliphatic heterocycles. The van der Waals surface area contributed by atoms with Crippen molar-refractivity contribution in [2.45, 2.75) is 0 Å². The summed E-state index contributed by atoms with van der Waals surface area (Å²) in [6, 6.07) is 65.6. The topological polar surface area (TPSA) is 9.86 Å². The third kappa shape index (κ3) is 6.04. The Bertz CT molecular complexity index is 3990. The molecule has 10 aromatic carbocycles. The lowest BCUT2D eigenvalue weighted by molar-refractivity contribution is 1.18. The first-order valence-corrected chi connectivity index (χ1v) is 20.8. The van der Waals surface area contributed by atoms with E-state index in [4.69, 9.17) is 2.74 Å². The van der Waals surface area contributed by atoms with Crippen molar-refractivity contribution in [2.75, 3.05) is 0 Å². The van der Waals surface area contributed by atoms with Crippen molar-refractivity contribution in [1.82, 2.24) is 9.13 Å². The third-order valence-corrected chi connectivity index (χ3v) is 12.0. The van der Waals surface area contributed by atoms with Crippen LogP contribution in [0.3, 0.4) is 0 Å². The van der Waals surface area contributed by atoms with Crippen LogP contribution in [-0.2, 0) is 0 Å². The largest absolute Gasteiger partial charge is 0.309 e. The molecule has 12 rings (SSSR count). The van der Waals surface area contributed by atoms with E-state index in [9.17, 15) is 6.85 Å². The summed E-state index contributed by atoms with van der Waals surface area (Å²) in [6.07, 6.45) is 0. The number of benzene rings is 10. The van der Waals surface area contributed by atoms with Crippen LogP contribution in [0.5, 0.6) is 0 Å². The zero-order valence-electron chi connectivity index (χ0n) is 40.4. The number of hydrogen-bond acceptors (Lipinski definition) is 0. The molecule has 0 radical (unpaired) electrons. The van der Waals surface area contributed by atoms with Crippen LogP contribution in [-0.4, -0.2) is 9.13 Å². The molecule has 0 saturated heterocycles. The molecule has 2 heteroatoms. The van der Waals surface area contributed by atoms with Gasteiger partial charge in [-0.25, -0.2) is 0 Å². The molecule has 0 saturated carbocycles. The molecule has 0 aliphatic rings. The lowest BCUT2D eigenvalue weighted by atomic mass is 9.95. The summed E-state index contributed by atoms with van der Waals surface area (Å²) in [5.74, 6) is 0. The molecular formula is C60H40N2. The Hall–Kier alpha value is -8.20. The summed E-state index contributed by atoms with van der Waals surface area (Å²) in [7, 11) is 0. The zero-order valence-corrected chi connectivity index (χ0v) is 33.4. The van der Waals surface area contributed by atoms with Gasteiger partial charge in [0, 0.05) is 32.9 Å². The minimum Gasteiger partial charge on any atom is -0.309 e. The van der Waals surface area contributed by atoms with E-state index in [2.05, 4.69) is 95.6 Å². The van der Waals surface area contributed by atoms with E-state index in [0.717, 1.165) is 72.0 Å². The Kier molecular flexibility index (Phi) is 6.95. The molecule has 0 aliphatic carbocycles. The van der Waals surface area contributed by atoms with E-state index >= 15 is 0 Å². The molecule has 0 atom stereocenters. The van der Waals surface area contributed by atoms with Gasteiger partial charge in [0.15, 0.2) is 0 Å². The summed E-state index contributed by atoms with van der Waals surface area (Å²) in [6.45, 7) is 0. The van der Waals surface area contributed by atoms with E-state index in [-0.39, 0.29) is 57.6 Å². The van der Waals surface area contributed by atoms with Gasteiger partial charge in [-0.2, -0.15) is 0 Å². The van der Waals surface area contributed by atoms with Gasteiger partial charge in [0.2, 0.25) is 0 Å². The molecule has 2 heterocycles. The molecule has 290 valence electrons. The van der Waals surface area contributed by atoms with Gasteiger partial charge in [0.1, 0.15) is 0 Å². The summed E-state index contributed by atoms with van der Waals surface area (Å²) in [5.41, 5.74) is 12.9. The van der Waals surface area contributed by atoms with Crippen molar-refractivity contribution < 1.29 is 9.60 Å². The Morgan fingerprint density at radius 2 is 0.790 bits per heavy atom. The number of nitrogens with zero attached hydrogens (tertiary/aromatic N) is 2. The van der Waals surface area contributed by atoms with Crippen LogP contribution >= 0.6 is 0 Å². The minimum atomic E-state index is -0.428. The highest BCUT2D eigenvalue weighted by molar-refractivity contribution is 6.17. The monoisotopic (exact) mass is 795 g/mol. The van der Waals surface area contributed by atoms with E-state index in [1.54, 1.807) is 4.57 Å². The average Bonchev–Trinajstić information content (AvgIpc) is 3.94. The van der Waals surface area contributed by atoms with Crippen LogP contribution in [0.25, 0.3) is 111 Å². The molecule has 2 nitrogen and oxygen atoms in total. The van der Waals surface area contributed by atoms with Crippen molar-refractivity contribution in [3.63, 3.8) is 0 Å². The van der Waals surface area contributed by atoms with Gasteiger partial charge < -0.3 is 9.13 Å². The molecule has 0 spiro atoms. The van der Waals surface area contributed by atoms with Gasteiger partial charge >= 0.3 is 0 Å². The zero-order chi connectivity index (χ0) is 47.1. The van der Waals surface area contributed by atoms with Gasteiger partial charge in [0.25, 0.3) is 0 Å². The van der Waals surface area contributed by atoms with Crippen LogP contribution in [0.1, 0.15) is 9.60 Å². The Balaban J connectivity index is 1.11. The molecule has 2 aromatic heterocycles. The normalized spacial score (nSPS) is 13.1. The molecule has 0 bridgehead atoms. The Morgan fingerprint density at radius 1 is 0.290 bits per heavy atom.